The van der Waals surface area contributed by atoms with Crippen LogP contribution in [0, 0.1) is 6.92 Å². The normalized spacial score (nSPS) is 24.2. The summed E-state index contributed by atoms with van der Waals surface area (Å²) in [6.07, 6.45) is 0.240. The molecule has 0 saturated carbocycles. The maximum Gasteiger partial charge on any atom is 0.335 e. The largest absolute Gasteiger partial charge is 0.478 e. The highest BCUT2D eigenvalue weighted by atomic mass is 35.5. The van der Waals surface area contributed by atoms with Crippen molar-refractivity contribution < 1.29 is 28.6 Å². The van der Waals surface area contributed by atoms with Gasteiger partial charge in [0.25, 0.3) is 0 Å². The number of rotatable bonds is 7. The number of alkyl halides is 1. The molecule has 12 heteroatoms. The highest BCUT2D eigenvalue weighted by molar-refractivity contribution is 6.30. The van der Waals surface area contributed by atoms with E-state index < -0.39 is 35.5 Å². The van der Waals surface area contributed by atoms with Gasteiger partial charge in [-0.2, -0.15) is 0 Å². The van der Waals surface area contributed by atoms with Crippen molar-refractivity contribution in [2.45, 2.75) is 57.8 Å². The van der Waals surface area contributed by atoms with Crippen LogP contribution in [0.1, 0.15) is 60.2 Å². The number of benzene rings is 2. The molecule has 1 aliphatic rings. The Morgan fingerprint density at radius 3 is 2.65 bits per heavy atom. The van der Waals surface area contributed by atoms with Gasteiger partial charge in [0.2, 0.25) is 0 Å². The number of anilines is 1. The lowest BCUT2D eigenvalue weighted by atomic mass is 9.80. The number of esters is 1. The molecule has 208 valence electrons. The SMILES string of the molecule is CC(=O)OC1(C)[C@@H](c2cccc(C(=O)O)c2C)OC(n2cnc3c(NCc4cccc(Cl)c4)ncnc32)[C@]1(C)F. The molecule has 0 aliphatic carbocycles. The van der Waals surface area contributed by atoms with Gasteiger partial charge in [0.05, 0.1) is 11.9 Å². The summed E-state index contributed by atoms with van der Waals surface area (Å²) in [7, 11) is 0. The molecule has 0 spiro atoms. The summed E-state index contributed by atoms with van der Waals surface area (Å²) < 4.78 is 30.3. The van der Waals surface area contributed by atoms with Gasteiger partial charge >= 0.3 is 11.9 Å². The summed E-state index contributed by atoms with van der Waals surface area (Å²) in [5, 5.41) is 13.5. The number of imidazole rings is 1. The van der Waals surface area contributed by atoms with Crippen LogP contribution in [0.5, 0.6) is 0 Å². The van der Waals surface area contributed by atoms with Crippen molar-refractivity contribution in [1.29, 1.82) is 0 Å². The van der Waals surface area contributed by atoms with Crippen LogP contribution in [0.4, 0.5) is 10.2 Å². The van der Waals surface area contributed by atoms with Crippen molar-refractivity contribution in [3.05, 3.63) is 82.4 Å². The number of nitrogens with zero attached hydrogens (tertiary/aromatic N) is 4. The zero-order valence-corrected chi connectivity index (χ0v) is 22.9. The quantitative estimate of drug-likeness (QED) is 0.281. The third-order valence-electron chi connectivity index (χ3n) is 7.40. The van der Waals surface area contributed by atoms with Crippen molar-refractivity contribution in [2.75, 3.05) is 5.32 Å². The fourth-order valence-electron chi connectivity index (χ4n) is 5.19. The Kier molecular flexibility index (Phi) is 6.97. The second-order valence-electron chi connectivity index (χ2n) is 10.00. The number of aromatic carboxylic acids is 1. The van der Waals surface area contributed by atoms with Gasteiger partial charge in [0.15, 0.2) is 34.5 Å². The number of carboxylic acid groups (broad SMARTS) is 1. The topological polar surface area (TPSA) is 128 Å². The number of halogens is 2. The Morgan fingerprint density at radius 2 is 1.95 bits per heavy atom. The van der Waals surface area contributed by atoms with E-state index in [1.54, 1.807) is 25.1 Å². The van der Waals surface area contributed by atoms with Crippen molar-refractivity contribution in [2.24, 2.45) is 0 Å². The zero-order chi connectivity index (χ0) is 28.8. The van der Waals surface area contributed by atoms with Crippen molar-refractivity contribution in [3.8, 4) is 0 Å². The maximum atomic E-state index is 17.0. The van der Waals surface area contributed by atoms with Crippen LogP contribution in [-0.2, 0) is 20.8 Å². The van der Waals surface area contributed by atoms with Gasteiger partial charge in [-0.05, 0) is 55.7 Å². The van der Waals surface area contributed by atoms with Gasteiger partial charge in [-0.3, -0.25) is 9.36 Å². The van der Waals surface area contributed by atoms with E-state index in [2.05, 4.69) is 20.3 Å². The Balaban J connectivity index is 1.56. The third kappa shape index (κ3) is 4.54. The van der Waals surface area contributed by atoms with Gasteiger partial charge in [0.1, 0.15) is 12.4 Å². The van der Waals surface area contributed by atoms with E-state index in [0.717, 1.165) is 5.56 Å². The molecule has 2 N–H and O–H groups in total. The molecular formula is C28H27ClFN5O5. The molecule has 4 aromatic rings. The number of carboxylic acids is 1. The highest BCUT2D eigenvalue weighted by Crippen LogP contribution is 2.57. The summed E-state index contributed by atoms with van der Waals surface area (Å²) in [4.78, 5) is 37.1. The molecule has 0 amide bonds. The first-order chi connectivity index (χ1) is 18.9. The summed E-state index contributed by atoms with van der Waals surface area (Å²) >= 11 is 6.09. The number of hydrogen-bond acceptors (Lipinski definition) is 8. The van der Waals surface area contributed by atoms with Crippen LogP contribution < -0.4 is 5.32 Å². The van der Waals surface area contributed by atoms with Crippen LogP contribution in [-0.4, -0.2) is 47.8 Å². The highest BCUT2D eigenvalue weighted by Gasteiger charge is 2.67. The van der Waals surface area contributed by atoms with Crippen LogP contribution in [0.2, 0.25) is 5.02 Å². The minimum absolute atomic E-state index is 0.0338. The van der Waals surface area contributed by atoms with Gasteiger partial charge < -0.3 is 19.9 Å². The number of fused-ring (bicyclic) bond motifs is 1. The molecule has 2 aromatic carbocycles. The van der Waals surface area contributed by atoms with Crippen LogP contribution in [0.3, 0.4) is 0 Å². The molecule has 40 heavy (non-hydrogen) atoms. The van der Waals surface area contributed by atoms with Gasteiger partial charge in [-0.15, -0.1) is 0 Å². The summed E-state index contributed by atoms with van der Waals surface area (Å²) in [6.45, 7) is 5.92. The van der Waals surface area contributed by atoms with Crippen molar-refractivity contribution in [3.63, 3.8) is 0 Å². The number of hydrogen-bond donors (Lipinski definition) is 2. The molecular weight excluding hydrogens is 541 g/mol. The first-order valence-electron chi connectivity index (χ1n) is 12.5. The second kappa shape index (κ2) is 10.1. The lowest BCUT2D eigenvalue weighted by Gasteiger charge is -2.37. The van der Waals surface area contributed by atoms with Gasteiger partial charge in [-0.1, -0.05) is 35.9 Å². The molecule has 1 saturated heterocycles. The first-order valence-corrected chi connectivity index (χ1v) is 12.8. The van der Waals surface area contributed by atoms with E-state index in [9.17, 15) is 14.7 Å². The van der Waals surface area contributed by atoms with E-state index in [0.29, 0.717) is 39.7 Å². The van der Waals surface area contributed by atoms with E-state index in [-0.39, 0.29) is 5.56 Å². The molecule has 1 fully saturated rings. The minimum Gasteiger partial charge on any atom is -0.478 e. The molecule has 1 aliphatic heterocycles. The molecule has 3 heterocycles. The Labute approximate surface area is 234 Å². The monoisotopic (exact) mass is 567 g/mol. The smallest absolute Gasteiger partial charge is 0.335 e. The Morgan fingerprint density at radius 1 is 1.20 bits per heavy atom. The summed E-state index contributed by atoms with van der Waals surface area (Å²) in [5.74, 6) is -1.43. The second-order valence-corrected chi connectivity index (χ2v) is 10.4. The van der Waals surface area contributed by atoms with Crippen molar-refractivity contribution >= 4 is 40.5 Å². The van der Waals surface area contributed by atoms with Crippen LogP contribution >= 0.6 is 11.6 Å². The number of nitrogens with one attached hydrogen (secondary N) is 1. The van der Waals surface area contributed by atoms with E-state index in [1.807, 2.05) is 18.2 Å². The molecule has 2 unspecified atom stereocenters. The first kappa shape index (κ1) is 27.5. The number of carbonyl (C=O) groups excluding carboxylic acids is 1. The van der Waals surface area contributed by atoms with Crippen LogP contribution in [0.25, 0.3) is 11.2 Å². The molecule has 0 bridgehead atoms. The maximum absolute atomic E-state index is 17.0. The van der Waals surface area contributed by atoms with Gasteiger partial charge in [-0.25, -0.2) is 24.1 Å². The average Bonchev–Trinajstić information content (AvgIpc) is 3.39. The van der Waals surface area contributed by atoms with Crippen molar-refractivity contribution in [1.82, 2.24) is 19.5 Å². The predicted molar refractivity (Wildman–Crippen MR) is 145 cm³/mol. The fraction of sp³-hybridized carbons (Fsp3) is 0.321. The molecule has 4 atom stereocenters. The minimum atomic E-state index is -2.30. The standard InChI is InChI=1S/C28H27ClFN5O5/c1-15-19(9-6-10-20(15)25(37)38)22-28(4,40-16(2)36)27(3,30)26(39-22)35-14-34-21-23(32-13-33-24(21)35)31-12-17-7-5-8-18(29)11-17/h5-11,13-14,22,26H,12H2,1-4H3,(H,37,38)(H,31,32,33)/t22-,26?,27+,28?/m1/s1. The number of ether oxygens (including phenoxy) is 2. The summed E-state index contributed by atoms with van der Waals surface area (Å²) in [6, 6.07) is 12.0. The van der Waals surface area contributed by atoms with E-state index in [4.69, 9.17) is 21.1 Å². The molecule has 5 rings (SSSR count). The Hall–Kier alpha value is -4.09. The molecule has 2 aromatic heterocycles. The number of aromatic nitrogens is 4. The van der Waals surface area contributed by atoms with Gasteiger partial charge in [0, 0.05) is 18.5 Å². The molecule has 10 nitrogen and oxygen atoms in total. The Bertz CT molecular complexity index is 1630. The molecule has 0 radical (unpaired) electrons. The average molecular weight is 568 g/mol. The van der Waals surface area contributed by atoms with E-state index in [1.165, 1.54) is 44.1 Å². The van der Waals surface area contributed by atoms with E-state index >= 15 is 4.39 Å². The lowest BCUT2D eigenvalue weighted by Crippen LogP contribution is -2.51. The number of carbonyl (C=O) groups is 2. The third-order valence-corrected chi connectivity index (χ3v) is 7.64. The fourth-order valence-corrected chi connectivity index (χ4v) is 5.40. The zero-order valence-electron chi connectivity index (χ0n) is 22.2. The summed E-state index contributed by atoms with van der Waals surface area (Å²) in [5.41, 5.74) is -1.74. The predicted octanol–water partition coefficient (Wildman–Crippen LogP) is 5.42. The van der Waals surface area contributed by atoms with Crippen LogP contribution in [0.15, 0.2) is 55.1 Å². The lowest BCUT2D eigenvalue weighted by molar-refractivity contribution is -0.174.